The molecule has 0 bridgehead atoms. The minimum atomic E-state index is -1.54. The number of aliphatic hydroxyl groups excluding tert-OH is 1. The maximum Gasteiger partial charge on any atom is 0.329 e. The van der Waals surface area contributed by atoms with Gasteiger partial charge in [-0.25, -0.2) is 19.2 Å². The second kappa shape index (κ2) is 11.3. The van der Waals surface area contributed by atoms with Crippen molar-refractivity contribution in [1.29, 1.82) is 0 Å². The number of carboxylic acid groups (broad SMARTS) is 1. The predicted octanol–water partition coefficient (Wildman–Crippen LogP) is 2.28. The van der Waals surface area contributed by atoms with Gasteiger partial charge in [0.2, 0.25) is 0 Å². The molecule has 1 saturated heterocycles. The fourth-order valence-corrected chi connectivity index (χ4v) is 5.57. The van der Waals surface area contributed by atoms with Crippen LogP contribution in [0, 0.1) is 5.82 Å². The Balaban J connectivity index is 1.58. The Morgan fingerprint density at radius 3 is 2.40 bits per heavy atom. The quantitative estimate of drug-likeness (QED) is 0.344. The first-order valence-electron chi connectivity index (χ1n) is 13.5. The molecule has 2 aliphatic rings. The third-order valence-electron chi connectivity index (χ3n) is 7.96. The number of aliphatic carboxylic acids is 1. The average molecular weight is 554 g/mol. The van der Waals surface area contributed by atoms with E-state index in [0.717, 1.165) is 6.42 Å². The number of nitrogens with zero attached hydrogens (tertiary/aromatic N) is 4. The van der Waals surface area contributed by atoms with Gasteiger partial charge in [0.25, 0.3) is 11.5 Å². The standard InChI is InChI=1S/C28H32FN5O6/c29-18-6-4-17(5-7-18)20-16-30-24-22(31-20)23(36)21(25(37)32-28(27(39)40)10-2-1-3-11-28)26(38)34(24)15-14-33-12-8-19(35)9-13-33/h4-7,16,19,35-36H,1-3,8-15H2,(H,32,37)(H,39,40). The third-order valence-corrected chi connectivity index (χ3v) is 7.96. The van der Waals surface area contributed by atoms with Crippen LogP contribution in [0.3, 0.4) is 0 Å². The molecule has 4 N–H and O–H groups in total. The van der Waals surface area contributed by atoms with E-state index in [9.17, 15) is 34.1 Å². The lowest BCUT2D eigenvalue weighted by molar-refractivity contribution is -0.145. The normalized spacial score (nSPS) is 18.1. The van der Waals surface area contributed by atoms with Gasteiger partial charge in [-0.2, -0.15) is 0 Å². The monoisotopic (exact) mass is 553 g/mol. The minimum Gasteiger partial charge on any atom is -0.505 e. The summed E-state index contributed by atoms with van der Waals surface area (Å²) in [6.45, 7) is 1.83. The Labute approximate surface area is 229 Å². The highest BCUT2D eigenvalue weighted by molar-refractivity contribution is 6.03. The van der Waals surface area contributed by atoms with Gasteiger partial charge in [-0.05, 0) is 49.9 Å². The fourth-order valence-electron chi connectivity index (χ4n) is 5.57. The van der Waals surface area contributed by atoms with Gasteiger partial charge in [0.1, 0.15) is 22.4 Å². The lowest BCUT2D eigenvalue weighted by Gasteiger charge is -2.34. The third kappa shape index (κ3) is 5.41. The van der Waals surface area contributed by atoms with Gasteiger partial charge in [-0.15, -0.1) is 0 Å². The average Bonchev–Trinajstić information content (AvgIpc) is 2.94. The summed E-state index contributed by atoms with van der Waals surface area (Å²) in [6.07, 6.45) is 4.75. The second-order valence-electron chi connectivity index (χ2n) is 10.6. The number of piperidine rings is 1. The summed E-state index contributed by atoms with van der Waals surface area (Å²) in [4.78, 5) is 50.4. The van der Waals surface area contributed by atoms with E-state index < -0.39 is 40.1 Å². The number of aliphatic hydroxyl groups is 1. The molecule has 1 saturated carbocycles. The first-order valence-corrected chi connectivity index (χ1v) is 13.5. The van der Waals surface area contributed by atoms with Crippen molar-refractivity contribution in [3.05, 3.63) is 52.2 Å². The van der Waals surface area contributed by atoms with Crippen molar-refractivity contribution >= 4 is 23.0 Å². The van der Waals surface area contributed by atoms with Crippen molar-refractivity contribution in [2.75, 3.05) is 19.6 Å². The molecule has 1 aliphatic heterocycles. The Morgan fingerprint density at radius 1 is 1.07 bits per heavy atom. The number of pyridine rings is 1. The number of rotatable bonds is 7. The molecule has 3 aromatic rings. The molecule has 2 aromatic heterocycles. The zero-order chi connectivity index (χ0) is 28.4. The number of hydrogen-bond donors (Lipinski definition) is 4. The fraction of sp³-hybridized carbons (Fsp3) is 0.464. The number of aromatic nitrogens is 3. The van der Waals surface area contributed by atoms with Crippen LogP contribution in [0.15, 0.2) is 35.3 Å². The van der Waals surface area contributed by atoms with Crippen molar-refractivity contribution in [2.45, 2.75) is 63.1 Å². The summed E-state index contributed by atoms with van der Waals surface area (Å²) in [5.41, 5.74) is -2.18. The Morgan fingerprint density at radius 2 is 1.75 bits per heavy atom. The number of amides is 1. The van der Waals surface area contributed by atoms with Crippen LogP contribution in [-0.4, -0.2) is 77.9 Å². The van der Waals surface area contributed by atoms with Crippen LogP contribution in [0.2, 0.25) is 0 Å². The molecular weight excluding hydrogens is 521 g/mol. The maximum absolute atomic E-state index is 13.7. The number of halogens is 1. The zero-order valence-electron chi connectivity index (χ0n) is 22.0. The number of benzene rings is 1. The Bertz CT molecular complexity index is 1480. The molecule has 212 valence electrons. The number of aromatic hydroxyl groups is 1. The molecule has 12 heteroatoms. The molecule has 2 fully saturated rings. The van der Waals surface area contributed by atoms with E-state index >= 15 is 0 Å². The van der Waals surface area contributed by atoms with Crippen molar-refractivity contribution in [3.8, 4) is 17.0 Å². The Kier molecular flexibility index (Phi) is 7.81. The number of carbonyl (C=O) groups is 2. The number of carboxylic acids is 1. The molecule has 0 atom stereocenters. The highest BCUT2D eigenvalue weighted by Gasteiger charge is 2.42. The molecule has 1 amide bonds. The van der Waals surface area contributed by atoms with Crippen molar-refractivity contribution < 1.29 is 29.3 Å². The molecule has 40 heavy (non-hydrogen) atoms. The largest absolute Gasteiger partial charge is 0.505 e. The van der Waals surface area contributed by atoms with Gasteiger partial charge >= 0.3 is 5.97 Å². The highest BCUT2D eigenvalue weighted by Crippen LogP contribution is 2.31. The Hall–Kier alpha value is -3.90. The van der Waals surface area contributed by atoms with Gasteiger partial charge in [0, 0.05) is 31.7 Å². The molecule has 0 spiro atoms. The first kappa shape index (κ1) is 27.7. The van der Waals surface area contributed by atoms with Crippen molar-refractivity contribution in [2.24, 2.45) is 0 Å². The molecule has 3 heterocycles. The van der Waals surface area contributed by atoms with Crippen LogP contribution < -0.4 is 10.9 Å². The summed E-state index contributed by atoms with van der Waals surface area (Å²) in [7, 11) is 0. The smallest absolute Gasteiger partial charge is 0.329 e. The summed E-state index contributed by atoms with van der Waals surface area (Å²) >= 11 is 0. The van der Waals surface area contributed by atoms with Crippen LogP contribution in [-0.2, 0) is 11.3 Å². The molecular formula is C28H32FN5O6. The molecule has 0 radical (unpaired) electrons. The van der Waals surface area contributed by atoms with E-state index in [2.05, 4.69) is 20.2 Å². The van der Waals surface area contributed by atoms with Gasteiger partial charge < -0.3 is 25.5 Å². The van der Waals surface area contributed by atoms with E-state index in [1.807, 2.05) is 0 Å². The number of nitrogens with one attached hydrogen (secondary N) is 1. The van der Waals surface area contributed by atoms with Crippen LogP contribution in [0.4, 0.5) is 4.39 Å². The number of likely N-dealkylation sites (tertiary alicyclic amines) is 1. The number of hydrogen-bond acceptors (Lipinski definition) is 8. The van der Waals surface area contributed by atoms with E-state index in [0.29, 0.717) is 56.6 Å². The number of carbonyl (C=O) groups excluding carboxylic acids is 1. The van der Waals surface area contributed by atoms with E-state index in [4.69, 9.17) is 0 Å². The molecule has 1 aliphatic carbocycles. The minimum absolute atomic E-state index is 0.0626. The molecule has 0 unspecified atom stereocenters. The van der Waals surface area contributed by atoms with Gasteiger partial charge in [-0.3, -0.25) is 14.2 Å². The predicted molar refractivity (Wildman–Crippen MR) is 143 cm³/mol. The summed E-state index contributed by atoms with van der Waals surface area (Å²) < 4.78 is 14.7. The molecule has 11 nitrogen and oxygen atoms in total. The van der Waals surface area contributed by atoms with Gasteiger partial charge in [0.15, 0.2) is 11.4 Å². The van der Waals surface area contributed by atoms with Crippen LogP contribution in [0.1, 0.15) is 55.3 Å². The lowest BCUT2D eigenvalue weighted by Crippen LogP contribution is -2.56. The van der Waals surface area contributed by atoms with Gasteiger partial charge in [0.05, 0.1) is 18.0 Å². The summed E-state index contributed by atoms with van der Waals surface area (Å²) in [6, 6.07) is 5.50. The summed E-state index contributed by atoms with van der Waals surface area (Å²) in [5, 5.41) is 33.5. The van der Waals surface area contributed by atoms with Crippen LogP contribution in [0.25, 0.3) is 22.4 Å². The van der Waals surface area contributed by atoms with E-state index in [1.165, 1.54) is 35.0 Å². The summed E-state index contributed by atoms with van der Waals surface area (Å²) in [5.74, 6) is -3.31. The zero-order valence-corrected chi connectivity index (χ0v) is 22.0. The van der Waals surface area contributed by atoms with E-state index in [-0.39, 0.29) is 36.7 Å². The molecule has 5 rings (SSSR count). The van der Waals surface area contributed by atoms with Crippen LogP contribution >= 0.6 is 0 Å². The lowest BCUT2D eigenvalue weighted by atomic mass is 9.81. The van der Waals surface area contributed by atoms with Gasteiger partial charge in [-0.1, -0.05) is 19.3 Å². The van der Waals surface area contributed by atoms with Crippen LogP contribution in [0.5, 0.6) is 5.75 Å². The topological polar surface area (TPSA) is 158 Å². The SMILES string of the molecule is O=C(NC1(C(=O)O)CCCCC1)c1c(O)c2nc(-c3ccc(F)cc3)cnc2n(CCN2CCC(O)CC2)c1=O. The van der Waals surface area contributed by atoms with E-state index in [1.54, 1.807) is 0 Å². The maximum atomic E-state index is 13.7. The number of fused-ring (bicyclic) bond motifs is 1. The molecule has 1 aromatic carbocycles. The second-order valence-corrected chi connectivity index (χ2v) is 10.6. The van der Waals surface area contributed by atoms with Crippen molar-refractivity contribution in [1.82, 2.24) is 24.8 Å². The van der Waals surface area contributed by atoms with Crippen molar-refractivity contribution in [3.63, 3.8) is 0 Å². The first-order chi connectivity index (χ1) is 19.2. The highest BCUT2D eigenvalue weighted by atomic mass is 19.1.